The molecule has 0 bridgehead atoms. The third-order valence-electron chi connectivity index (χ3n) is 6.71. The van der Waals surface area contributed by atoms with Crippen molar-refractivity contribution in [2.75, 3.05) is 13.2 Å². The summed E-state index contributed by atoms with van der Waals surface area (Å²) < 4.78 is 0. The smallest absolute Gasteiger partial charge is 0.328 e. The number of hydrogen-bond acceptors (Lipinski definition) is 3. The van der Waals surface area contributed by atoms with E-state index in [0.717, 1.165) is 37.7 Å². The van der Waals surface area contributed by atoms with E-state index in [1.807, 2.05) is 30.3 Å². The third kappa shape index (κ3) is 14.9. The van der Waals surface area contributed by atoms with Crippen molar-refractivity contribution in [3.8, 4) is 0 Å². The van der Waals surface area contributed by atoms with Gasteiger partial charge in [-0.25, -0.2) is 9.79 Å². The van der Waals surface area contributed by atoms with Crippen molar-refractivity contribution in [2.24, 2.45) is 22.4 Å². The number of aliphatic hydroxyl groups is 1. The summed E-state index contributed by atoms with van der Waals surface area (Å²) in [6, 6.07) is 13.6. The van der Waals surface area contributed by atoms with Crippen LogP contribution in [0.2, 0.25) is 0 Å². The van der Waals surface area contributed by atoms with Crippen LogP contribution >= 0.6 is 0 Å². The first-order valence-electron chi connectivity index (χ1n) is 14.1. The number of nitrogens with two attached hydrogens (primary N) is 2. The van der Waals surface area contributed by atoms with Gasteiger partial charge < -0.3 is 32.0 Å². The molecule has 2 aromatic rings. The number of guanidine groups is 1. The normalized spacial score (nSPS) is 13.3. The van der Waals surface area contributed by atoms with Crippen molar-refractivity contribution in [1.82, 2.24) is 4.98 Å². The Kier molecular flexibility index (Phi) is 15.9. The highest BCUT2D eigenvalue weighted by molar-refractivity contribution is 5.81. The molecule has 0 radical (unpaired) electrons. The topological polar surface area (TPSA) is 152 Å². The van der Waals surface area contributed by atoms with Gasteiger partial charge in [-0.05, 0) is 48.8 Å². The highest BCUT2D eigenvalue weighted by Crippen LogP contribution is 2.30. The number of allylic oxidation sites excluding steroid dienone is 1. The van der Waals surface area contributed by atoms with Gasteiger partial charge in [0.2, 0.25) is 0 Å². The number of aromatic nitrogens is 1. The number of nitrogens with one attached hydrogen (secondary N) is 1. The van der Waals surface area contributed by atoms with E-state index in [9.17, 15) is 9.90 Å². The number of carboxylic acid groups (broad SMARTS) is 1. The standard InChI is InChI=1S/C31H46N5O3/c32-31(33)35-24-27(23-30(38)39)28(36-29-16-12-21-34-29)20-19-26(18-17-25-13-9-7-10-14-25)15-8-5-3-1-2-4-6-11-22-37/h7,9-10,12-14,16-18,21,23,26,28,34,37H,1-6,8,11,15,19-20,22,24H2,(H,38,39)(H4,32,33,35)/q-1/b18-17+,27-23+/t26-,28-/m0/s1. The third-order valence-corrected chi connectivity index (χ3v) is 6.71. The van der Waals surface area contributed by atoms with Crippen LogP contribution in [0, 0.1) is 5.92 Å². The molecule has 8 nitrogen and oxygen atoms in total. The number of benzene rings is 1. The number of unbranched alkanes of at least 4 members (excludes halogenated alkanes) is 7. The zero-order valence-electron chi connectivity index (χ0n) is 23.0. The maximum Gasteiger partial charge on any atom is 0.328 e. The van der Waals surface area contributed by atoms with Crippen molar-refractivity contribution in [3.63, 3.8) is 0 Å². The van der Waals surface area contributed by atoms with Gasteiger partial charge in [0.25, 0.3) is 0 Å². The number of carboxylic acids is 1. The van der Waals surface area contributed by atoms with E-state index < -0.39 is 5.97 Å². The monoisotopic (exact) mass is 536 g/mol. The van der Waals surface area contributed by atoms with Crippen LogP contribution in [0.3, 0.4) is 0 Å². The number of aliphatic imine (C=N–C) groups is 1. The minimum absolute atomic E-state index is 0.0815. The summed E-state index contributed by atoms with van der Waals surface area (Å²) >= 11 is 0. The lowest BCUT2D eigenvalue weighted by Crippen LogP contribution is -2.24. The molecule has 7 N–H and O–H groups in total. The fourth-order valence-electron chi connectivity index (χ4n) is 4.59. The van der Waals surface area contributed by atoms with Gasteiger partial charge in [0.15, 0.2) is 5.96 Å². The number of hydrogen-bond donors (Lipinski definition) is 5. The van der Waals surface area contributed by atoms with E-state index in [1.54, 1.807) is 6.20 Å². The maximum atomic E-state index is 11.6. The molecule has 0 aliphatic heterocycles. The van der Waals surface area contributed by atoms with Crippen molar-refractivity contribution >= 4 is 23.8 Å². The van der Waals surface area contributed by atoms with Gasteiger partial charge in [0.05, 0.1) is 6.54 Å². The van der Waals surface area contributed by atoms with E-state index in [1.165, 1.54) is 38.2 Å². The van der Waals surface area contributed by atoms with E-state index in [-0.39, 0.29) is 18.5 Å². The second-order valence-electron chi connectivity index (χ2n) is 9.95. The van der Waals surface area contributed by atoms with Gasteiger partial charge >= 0.3 is 5.97 Å². The molecule has 1 aromatic carbocycles. The first-order chi connectivity index (χ1) is 19.0. The van der Waals surface area contributed by atoms with Crippen LogP contribution in [-0.4, -0.2) is 46.3 Å². The number of nitrogens with zero attached hydrogens (tertiary/aromatic N) is 2. The molecule has 39 heavy (non-hydrogen) atoms. The molecule has 8 heteroatoms. The second-order valence-corrected chi connectivity index (χ2v) is 9.95. The van der Waals surface area contributed by atoms with Gasteiger partial charge in [0, 0.05) is 12.7 Å². The number of H-pyrrole nitrogens is 1. The molecule has 2 rings (SSSR count). The van der Waals surface area contributed by atoms with Gasteiger partial charge in [0.1, 0.15) is 0 Å². The first kappa shape index (κ1) is 31.7. The van der Waals surface area contributed by atoms with Crippen LogP contribution in [0.1, 0.15) is 76.2 Å². The van der Waals surface area contributed by atoms with Gasteiger partial charge in [-0.1, -0.05) is 112 Å². The molecule has 1 heterocycles. The quantitative estimate of drug-likeness (QED) is 0.0550. The molecule has 0 saturated heterocycles. The Morgan fingerprint density at radius 2 is 1.62 bits per heavy atom. The summed E-state index contributed by atoms with van der Waals surface area (Å²) in [6.45, 7) is 0.380. The lowest BCUT2D eigenvalue weighted by Gasteiger charge is -2.28. The zero-order chi connectivity index (χ0) is 28.1. The summed E-state index contributed by atoms with van der Waals surface area (Å²) in [4.78, 5) is 18.8. The lowest BCUT2D eigenvalue weighted by atomic mass is 9.90. The van der Waals surface area contributed by atoms with E-state index in [4.69, 9.17) is 21.9 Å². The summed E-state index contributed by atoms with van der Waals surface area (Å²) in [5.74, 6) is -0.0945. The van der Waals surface area contributed by atoms with Crippen LogP contribution in [0.15, 0.2) is 71.4 Å². The Balaban J connectivity index is 2.06. The number of aromatic amines is 1. The summed E-state index contributed by atoms with van der Waals surface area (Å²) in [6.07, 6.45) is 19.3. The van der Waals surface area contributed by atoms with Gasteiger partial charge in [-0.2, -0.15) is 0 Å². The molecular weight excluding hydrogens is 490 g/mol. The summed E-state index contributed by atoms with van der Waals surface area (Å²) in [5, 5.41) is 23.2. The Hall–Kier alpha value is -3.52. The minimum Gasteiger partial charge on any atom is -0.478 e. The Morgan fingerprint density at radius 3 is 2.23 bits per heavy atom. The highest BCUT2D eigenvalue weighted by atomic mass is 16.4. The molecule has 0 aliphatic carbocycles. The molecule has 0 amide bonds. The molecule has 0 fully saturated rings. The van der Waals surface area contributed by atoms with Crippen LogP contribution in [0.5, 0.6) is 0 Å². The van der Waals surface area contributed by atoms with Gasteiger partial charge in [-0.3, -0.25) is 0 Å². The number of aliphatic carboxylic acids is 1. The summed E-state index contributed by atoms with van der Waals surface area (Å²) in [7, 11) is 0. The van der Waals surface area contributed by atoms with Gasteiger partial charge in [-0.15, -0.1) is 0 Å². The first-order valence-corrected chi connectivity index (χ1v) is 14.1. The van der Waals surface area contributed by atoms with Crippen molar-refractivity contribution < 1.29 is 15.0 Å². The Morgan fingerprint density at radius 1 is 0.923 bits per heavy atom. The largest absolute Gasteiger partial charge is 0.478 e. The summed E-state index contributed by atoms with van der Waals surface area (Å²) in [5.41, 5.74) is 12.8. The fraction of sp³-hybridized carbons (Fsp3) is 0.484. The van der Waals surface area contributed by atoms with E-state index in [0.29, 0.717) is 30.3 Å². The molecule has 2 atom stereocenters. The van der Waals surface area contributed by atoms with E-state index in [2.05, 4.69) is 34.3 Å². The van der Waals surface area contributed by atoms with Crippen LogP contribution < -0.4 is 11.5 Å². The molecule has 0 spiro atoms. The number of rotatable bonds is 21. The zero-order valence-corrected chi connectivity index (χ0v) is 23.0. The average Bonchev–Trinajstić information content (AvgIpc) is 3.44. The predicted molar refractivity (Wildman–Crippen MR) is 161 cm³/mol. The van der Waals surface area contributed by atoms with Crippen LogP contribution in [0.25, 0.3) is 11.4 Å². The van der Waals surface area contributed by atoms with E-state index >= 15 is 0 Å². The average molecular weight is 537 g/mol. The predicted octanol–water partition coefficient (Wildman–Crippen LogP) is 6.29. The second kappa shape index (κ2) is 19.5. The SMILES string of the molecule is NC(N)=NC/C(=C\C(=O)O)[C@H](CC[C@H](/C=C/c1ccccc1)CCCCCCCCCCO)[N-]c1ccc[nH]1. The van der Waals surface area contributed by atoms with Crippen LogP contribution in [0.4, 0.5) is 5.82 Å². The van der Waals surface area contributed by atoms with Crippen molar-refractivity contribution in [3.05, 3.63) is 77.3 Å². The maximum absolute atomic E-state index is 11.6. The molecule has 0 aliphatic rings. The van der Waals surface area contributed by atoms with Crippen molar-refractivity contribution in [2.45, 2.75) is 76.7 Å². The lowest BCUT2D eigenvalue weighted by molar-refractivity contribution is -0.131. The Labute approximate surface area is 233 Å². The molecule has 214 valence electrons. The fourth-order valence-corrected chi connectivity index (χ4v) is 4.59. The van der Waals surface area contributed by atoms with Crippen molar-refractivity contribution in [1.29, 1.82) is 0 Å². The molecule has 1 aromatic heterocycles. The van der Waals surface area contributed by atoms with Crippen LogP contribution in [-0.2, 0) is 4.79 Å². The molecular formula is C31H46N5O3-. The highest BCUT2D eigenvalue weighted by Gasteiger charge is 2.15. The number of aliphatic hydroxyl groups excluding tert-OH is 1. The molecule has 0 saturated carbocycles. The molecule has 0 unspecified atom stereocenters. The number of carbonyl (C=O) groups is 1. The Bertz CT molecular complexity index is 998. The minimum atomic E-state index is -1.04.